The summed E-state index contributed by atoms with van der Waals surface area (Å²) >= 11 is 0. The number of nitrogens with zero attached hydrogens (tertiary/aromatic N) is 3. The van der Waals surface area contributed by atoms with E-state index in [1.54, 1.807) is 16.9 Å². The van der Waals surface area contributed by atoms with Crippen molar-refractivity contribution in [2.45, 2.75) is 53.6 Å². The van der Waals surface area contributed by atoms with Crippen molar-refractivity contribution in [3.8, 4) is 0 Å². The van der Waals surface area contributed by atoms with Gasteiger partial charge < -0.3 is 10.2 Å². The average Bonchev–Trinajstić information content (AvgIpc) is 2.46. The summed E-state index contributed by atoms with van der Waals surface area (Å²) in [5.41, 5.74) is 0.882. The first kappa shape index (κ1) is 17.7. The zero-order chi connectivity index (χ0) is 15.8. The van der Waals surface area contributed by atoms with Crippen molar-refractivity contribution in [2.75, 3.05) is 24.5 Å². The Bertz CT molecular complexity index is 466. The molecule has 1 aromatic heterocycles. The van der Waals surface area contributed by atoms with Crippen molar-refractivity contribution in [1.82, 2.24) is 15.1 Å². The topological polar surface area (TPSA) is 50.2 Å². The number of hydrogen-bond donors (Lipinski definition) is 1. The Morgan fingerprint density at radius 1 is 1.29 bits per heavy atom. The van der Waals surface area contributed by atoms with Crippen LogP contribution in [0, 0.1) is 5.92 Å². The minimum absolute atomic E-state index is 0.0247. The third-order valence-electron chi connectivity index (χ3n) is 3.81. The van der Waals surface area contributed by atoms with Crippen molar-refractivity contribution in [1.29, 1.82) is 0 Å². The van der Waals surface area contributed by atoms with Crippen molar-refractivity contribution >= 4 is 5.69 Å². The quantitative estimate of drug-likeness (QED) is 0.758. The Kier molecular flexibility index (Phi) is 7.43. The predicted molar refractivity (Wildman–Crippen MR) is 89.0 cm³/mol. The summed E-state index contributed by atoms with van der Waals surface area (Å²) in [4.78, 5) is 14.4. The van der Waals surface area contributed by atoms with E-state index in [4.69, 9.17) is 0 Å². The number of rotatable bonds is 9. The summed E-state index contributed by atoms with van der Waals surface area (Å²) in [5, 5.41) is 7.84. The average molecular weight is 294 g/mol. The molecular formula is C16H30N4O. The Hall–Kier alpha value is -1.36. The molecule has 120 valence electrons. The van der Waals surface area contributed by atoms with Gasteiger partial charge in [-0.3, -0.25) is 4.79 Å². The molecule has 0 bridgehead atoms. The van der Waals surface area contributed by atoms with Crippen LogP contribution in [-0.2, 0) is 6.54 Å². The van der Waals surface area contributed by atoms with Gasteiger partial charge in [-0.15, -0.1) is 0 Å². The highest BCUT2D eigenvalue weighted by atomic mass is 16.1. The Morgan fingerprint density at radius 2 is 1.95 bits per heavy atom. The molecule has 21 heavy (non-hydrogen) atoms. The Balaban J connectivity index is 2.86. The van der Waals surface area contributed by atoms with E-state index < -0.39 is 0 Å². The Morgan fingerprint density at radius 3 is 2.43 bits per heavy atom. The zero-order valence-electron chi connectivity index (χ0n) is 14.1. The molecule has 5 nitrogen and oxygen atoms in total. The highest BCUT2D eigenvalue weighted by Crippen LogP contribution is 2.09. The number of anilines is 1. The minimum Gasteiger partial charge on any atom is -0.371 e. The molecule has 0 amide bonds. The highest BCUT2D eigenvalue weighted by molar-refractivity contribution is 5.42. The lowest BCUT2D eigenvalue weighted by Crippen LogP contribution is -2.41. The summed E-state index contributed by atoms with van der Waals surface area (Å²) in [6.45, 7) is 14.0. The molecule has 0 fully saturated rings. The molecular weight excluding hydrogens is 264 g/mol. The Labute approximate surface area is 128 Å². The van der Waals surface area contributed by atoms with E-state index in [2.05, 4.69) is 49.9 Å². The molecule has 5 heteroatoms. The second-order valence-corrected chi connectivity index (χ2v) is 5.71. The van der Waals surface area contributed by atoms with Gasteiger partial charge in [0.05, 0.1) is 18.4 Å². The molecule has 0 aliphatic rings. The van der Waals surface area contributed by atoms with Gasteiger partial charge in [-0.05, 0) is 32.7 Å². The maximum Gasteiger partial charge on any atom is 0.268 e. The van der Waals surface area contributed by atoms with Gasteiger partial charge in [-0.25, -0.2) is 4.68 Å². The van der Waals surface area contributed by atoms with Gasteiger partial charge in [-0.1, -0.05) is 20.8 Å². The van der Waals surface area contributed by atoms with Crippen molar-refractivity contribution in [3.63, 3.8) is 0 Å². The normalized spacial score (nSPS) is 12.7. The predicted octanol–water partition coefficient (Wildman–Crippen LogP) is 2.11. The zero-order valence-corrected chi connectivity index (χ0v) is 14.1. The number of hydrogen-bond acceptors (Lipinski definition) is 4. The second-order valence-electron chi connectivity index (χ2n) is 5.71. The van der Waals surface area contributed by atoms with Crippen LogP contribution < -0.4 is 15.8 Å². The molecule has 1 rings (SSSR count). The molecule has 1 N–H and O–H groups in total. The van der Waals surface area contributed by atoms with Gasteiger partial charge in [0.2, 0.25) is 0 Å². The SMILES string of the molecule is CCCNC(Cn1ncc(N(CC)CC)cc1=O)C(C)C. The van der Waals surface area contributed by atoms with Crippen LogP contribution in [0.15, 0.2) is 17.1 Å². The molecule has 0 saturated heterocycles. The highest BCUT2D eigenvalue weighted by Gasteiger charge is 2.15. The summed E-state index contributed by atoms with van der Waals surface area (Å²) in [6, 6.07) is 1.96. The van der Waals surface area contributed by atoms with Crippen LogP contribution in [0.25, 0.3) is 0 Å². The number of aromatic nitrogens is 2. The molecule has 0 saturated carbocycles. The lowest BCUT2D eigenvalue weighted by Gasteiger charge is -2.24. The molecule has 0 radical (unpaired) electrons. The fourth-order valence-corrected chi connectivity index (χ4v) is 2.35. The van der Waals surface area contributed by atoms with Crippen LogP contribution in [0.2, 0.25) is 0 Å². The molecule has 0 aliphatic heterocycles. The molecule has 1 atom stereocenters. The van der Waals surface area contributed by atoms with Crippen LogP contribution >= 0.6 is 0 Å². The summed E-state index contributed by atoms with van der Waals surface area (Å²) in [6.07, 6.45) is 2.89. The fraction of sp³-hybridized carbons (Fsp3) is 0.750. The van der Waals surface area contributed by atoms with E-state index in [9.17, 15) is 4.79 Å². The lowest BCUT2D eigenvalue weighted by atomic mass is 10.0. The largest absolute Gasteiger partial charge is 0.371 e. The molecule has 0 spiro atoms. The minimum atomic E-state index is -0.0247. The standard InChI is InChI=1S/C16H30N4O/c1-6-9-17-15(13(4)5)12-20-16(21)10-14(11-18-20)19(7-2)8-3/h10-11,13,15,17H,6-9,12H2,1-5H3. The van der Waals surface area contributed by atoms with Crippen molar-refractivity contribution in [3.05, 3.63) is 22.6 Å². The molecule has 0 aromatic carbocycles. The third-order valence-corrected chi connectivity index (χ3v) is 3.81. The van der Waals surface area contributed by atoms with Gasteiger partial charge in [0.1, 0.15) is 0 Å². The second kappa shape index (κ2) is 8.82. The monoisotopic (exact) mass is 294 g/mol. The van der Waals surface area contributed by atoms with E-state index in [0.29, 0.717) is 12.5 Å². The van der Waals surface area contributed by atoms with E-state index in [-0.39, 0.29) is 11.6 Å². The smallest absolute Gasteiger partial charge is 0.268 e. The number of nitrogens with one attached hydrogen (secondary N) is 1. The maximum atomic E-state index is 12.3. The van der Waals surface area contributed by atoms with Crippen LogP contribution in [0.4, 0.5) is 5.69 Å². The van der Waals surface area contributed by atoms with E-state index in [1.807, 2.05) is 0 Å². The van der Waals surface area contributed by atoms with E-state index in [1.165, 1.54) is 0 Å². The van der Waals surface area contributed by atoms with Crippen LogP contribution in [0.3, 0.4) is 0 Å². The first-order valence-electron chi connectivity index (χ1n) is 8.08. The third kappa shape index (κ3) is 5.16. The van der Waals surface area contributed by atoms with Crippen LogP contribution in [-0.4, -0.2) is 35.5 Å². The first-order valence-corrected chi connectivity index (χ1v) is 8.08. The summed E-state index contributed by atoms with van der Waals surface area (Å²) in [5.74, 6) is 0.465. The first-order chi connectivity index (χ1) is 10.0. The lowest BCUT2D eigenvalue weighted by molar-refractivity contribution is 0.337. The van der Waals surface area contributed by atoms with Gasteiger partial charge in [0.25, 0.3) is 5.56 Å². The van der Waals surface area contributed by atoms with Crippen molar-refractivity contribution < 1.29 is 0 Å². The van der Waals surface area contributed by atoms with Gasteiger partial charge in [-0.2, -0.15) is 5.10 Å². The van der Waals surface area contributed by atoms with Gasteiger partial charge in [0.15, 0.2) is 0 Å². The molecule has 1 heterocycles. The van der Waals surface area contributed by atoms with E-state index >= 15 is 0 Å². The summed E-state index contributed by atoms with van der Waals surface area (Å²) < 4.78 is 1.57. The molecule has 1 aromatic rings. The van der Waals surface area contributed by atoms with Crippen LogP contribution in [0.5, 0.6) is 0 Å². The maximum absolute atomic E-state index is 12.3. The van der Waals surface area contributed by atoms with Crippen LogP contribution in [0.1, 0.15) is 41.0 Å². The molecule has 1 unspecified atom stereocenters. The van der Waals surface area contributed by atoms with Gasteiger partial charge >= 0.3 is 0 Å². The van der Waals surface area contributed by atoms with Gasteiger partial charge in [0, 0.05) is 25.2 Å². The molecule has 0 aliphatic carbocycles. The fourth-order valence-electron chi connectivity index (χ4n) is 2.35. The van der Waals surface area contributed by atoms with Crippen molar-refractivity contribution in [2.24, 2.45) is 5.92 Å². The summed E-state index contributed by atoms with van der Waals surface area (Å²) in [7, 11) is 0. The van der Waals surface area contributed by atoms with E-state index in [0.717, 1.165) is 31.7 Å².